The molecule has 7 heteroatoms. The highest BCUT2D eigenvalue weighted by Crippen LogP contribution is 2.37. The van der Waals surface area contributed by atoms with Crippen molar-refractivity contribution in [2.45, 2.75) is 19.3 Å². The molecule has 0 unspecified atom stereocenters. The maximum Gasteiger partial charge on any atom is 0.289 e. The Morgan fingerprint density at radius 1 is 0.963 bits per heavy atom. The molecular weight excluding hydrogens is 348 g/mol. The molecule has 0 N–H and O–H groups in total. The maximum absolute atomic E-state index is 13.2. The second kappa shape index (κ2) is 6.64. The molecule has 3 heterocycles. The molecule has 2 aliphatic heterocycles. The summed E-state index contributed by atoms with van der Waals surface area (Å²) in [6.07, 6.45) is 1.49. The number of nitrogens with zero attached hydrogens (tertiary/aromatic N) is 2. The Hall–Kier alpha value is -2.96. The molecule has 2 amide bonds. The molecule has 0 radical (unpaired) electrons. The van der Waals surface area contributed by atoms with Gasteiger partial charge in [0.05, 0.1) is 11.7 Å². The van der Waals surface area contributed by atoms with E-state index < -0.39 is 5.41 Å². The van der Waals surface area contributed by atoms with Crippen LogP contribution in [0.2, 0.25) is 0 Å². The third kappa shape index (κ3) is 3.13. The van der Waals surface area contributed by atoms with E-state index in [1.165, 1.54) is 6.26 Å². The van der Waals surface area contributed by atoms with Crippen LogP contribution in [0, 0.1) is 0 Å². The van der Waals surface area contributed by atoms with Gasteiger partial charge >= 0.3 is 0 Å². The third-order valence-corrected chi connectivity index (χ3v) is 5.21. The fourth-order valence-corrected chi connectivity index (χ4v) is 3.47. The van der Waals surface area contributed by atoms with Crippen LogP contribution in [0.4, 0.5) is 0 Å². The van der Waals surface area contributed by atoms with E-state index in [2.05, 4.69) is 0 Å². The highest BCUT2D eigenvalue weighted by Gasteiger charge is 2.37. The molecule has 2 aliphatic rings. The van der Waals surface area contributed by atoms with Gasteiger partial charge in [0.1, 0.15) is 0 Å². The van der Waals surface area contributed by atoms with Gasteiger partial charge in [-0.15, -0.1) is 0 Å². The van der Waals surface area contributed by atoms with Crippen molar-refractivity contribution in [2.75, 3.05) is 33.0 Å². The minimum absolute atomic E-state index is 0.0338. The zero-order valence-electron chi connectivity index (χ0n) is 15.4. The lowest BCUT2D eigenvalue weighted by Crippen LogP contribution is -2.54. The number of piperazine rings is 1. The van der Waals surface area contributed by atoms with Gasteiger partial charge in [0.25, 0.3) is 5.91 Å². The van der Waals surface area contributed by atoms with Gasteiger partial charge in [-0.05, 0) is 43.7 Å². The van der Waals surface area contributed by atoms with Gasteiger partial charge in [-0.1, -0.05) is 6.07 Å². The van der Waals surface area contributed by atoms with E-state index >= 15 is 0 Å². The van der Waals surface area contributed by atoms with Crippen LogP contribution in [0.25, 0.3) is 0 Å². The number of carbonyl (C=O) groups is 2. The SMILES string of the molecule is CC(C)(C(=O)N1CCN(C(=O)c2ccco2)CC1)c1ccc2c(c1)OCO2. The normalized spacial score (nSPS) is 16.5. The van der Waals surface area contributed by atoms with Crippen molar-refractivity contribution in [2.24, 2.45) is 0 Å². The van der Waals surface area contributed by atoms with Crippen LogP contribution in [0.3, 0.4) is 0 Å². The molecule has 7 nitrogen and oxygen atoms in total. The molecule has 4 rings (SSSR count). The molecule has 0 atom stereocenters. The van der Waals surface area contributed by atoms with Crippen molar-refractivity contribution in [3.63, 3.8) is 0 Å². The molecule has 0 bridgehead atoms. The average molecular weight is 370 g/mol. The summed E-state index contributed by atoms with van der Waals surface area (Å²) in [5.74, 6) is 1.60. The zero-order valence-corrected chi connectivity index (χ0v) is 15.4. The molecular formula is C20H22N2O5. The van der Waals surface area contributed by atoms with Crippen LogP contribution in [-0.2, 0) is 10.2 Å². The molecule has 1 aromatic heterocycles. The molecule has 1 aromatic carbocycles. The number of benzene rings is 1. The van der Waals surface area contributed by atoms with Gasteiger partial charge in [0.15, 0.2) is 17.3 Å². The number of amides is 2. The van der Waals surface area contributed by atoms with Gasteiger partial charge in [-0.3, -0.25) is 9.59 Å². The predicted octanol–water partition coefficient (Wildman–Crippen LogP) is 2.27. The number of hydrogen-bond acceptors (Lipinski definition) is 5. The second-order valence-corrected chi connectivity index (χ2v) is 7.25. The molecule has 0 spiro atoms. The summed E-state index contributed by atoms with van der Waals surface area (Å²) < 4.78 is 16.0. The number of hydrogen-bond donors (Lipinski definition) is 0. The van der Waals surface area contributed by atoms with Crippen LogP contribution in [0.5, 0.6) is 11.5 Å². The van der Waals surface area contributed by atoms with Crippen molar-refractivity contribution >= 4 is 11.8 Å². The summed E-state index contributed by atoms with van der Waals surface area (Å²) in [6.45, 7) is 6.00. The lowest BCUT2D eigenvalue weighted by molar-refractivity contribution is -0.137. The first-order valence-electron chi connectivity index (χ1n) is 8.99. The molecule has 1 saturated heterocycles. The van der Waals surface area contributed by atoms with Crippen LogP contribution in [0.15, 0.2) is 41.0 Å². The number of furan rings is 1. The van der Waals surface area contributed by atoms with E-state index in [4.69, 9.17) is 13.9 Å². The van der Waals surface area contributed by atoms with E-state index in [1.54, 1.807) is 17.0 Å². The first-order chi connectivity index (χ1) is 13.0. The van der Waals surface area contributed by atoms with E-state index in [0.717, 1.165) is 5.56 Å². The number of rotatable bonds is 3. The predicted molar refractivity (Wildman–Crippen MR) is 96.8 cm³/mol. The summed E-state index contributed by atoms with van der Waals surface area (Å²) in [6, 6.07) is 8.97. The summed E-state index contributed by atoms with van der Waals surface area (Å²) in [5.41, 5.74) is 0.180. The molecule has 1 fully saturated rings. The summed E-state index contributed by atoms with van der Waals surface area (Å²) in [5, 5.41) is 0. The lowest BCUT2D eigenvalue weighted by Gasteiger charge is -2.38. The van der Waals surface area contributed by atoms with E-state index in [1.807, 2.05) is 36.9 Å². The number of ether oxygens (including phenoxy) is 2. The second-order valence-electron chi connectivity index (χ2n) is 7.25. The van der Waals surface area contributed by atoms with Crippen LogP contribution < -0.4 is 9.47 Å². The van der Waals surface area contributed by atoms with Crippen molar-refractivity contribution < 1.29 is 23.5 Å². The first-order valence-corrected chi connectivity index (χ1v) is 8.99. The van der Waals surface area contributed by atoms with Crippen molar-refractivity contribution in [3.05, 3.63) is 47.9 Å². The Morgan fingerprint density at radius 3 is 2.37 bits per heavy atom. The topological polar surface area (TPSA) is 72.2 Å². The minimum Gasteiger partial charge on any atom is -0.459 e. The standard InChI is InChI=1S/C20H22N2O5/c1-20(2,14-5-6-15-17(12-14)27-13-26-15)19(24)22-9-7-21(8-10-22)18(23)16-4-3-11-25-16/h3-6,11-12H,7-10,13H2,1-2H3. The van der Waals surface area contributed by atoms with Gasteiger partial charge in [-0.2, -0.15) is 0 Å². The van der Waals surface area contributed by atoms with Crippen molar-refractivity contribution in [1.29, 1.82) is 0 Å². The number of fused-ring (bicyclic) bond motifs is 1. The largest absolute Gasteiger partial charge is 0.459 e. The van der Waals surface area contributed by atoms with Gasteiger partial charge in [0.2, 0.25) is 12.7 Å². The molecule has 142 valence electrons. The maximum atomic E-state index is 13.2. The van der Waals surface area contributed by atoms with E-state index in [0.29, 0.717) is 43.4 Å². The fraction of sp³-hybridized carbons (Fsp3) is 0.400. The Balaban J connectivity index is 1.43. The van der Waals surface area contributed by atoms with Crippen LogP contribution in [-0.4, -0.2) is 54.6 Å². The van der Waals surface area contributed by atoms with Crippen LogP contribution in [0.1, 0.15) is 30.0 Å². The van der Waals surface area contributed by atoms with E-state index in [-0.39, 0.29) is 18.6 Å². The summed E-state index contributed by atoms with van der Waals surface area (Å²) >= 11 is 0. The van der Waals surface area contributed by atoms with Gasteiger partial charge < -0.3 is 23.7 Å². The lowest BCUT2D eigenvalue weighted by atomic mass is 9.82. The fourth-order valence-electron chi connectivity index (χ4n) is 3.47. The smallest absolute Gasteiger partial charge is 0.289 e. The number of carbonyl (C=O) groups excluding carboxylic acids is 2. The van der Waals surface area contributed by atoms with Gasteiger partial charge in [0, 0.05) is 26.2 Å². The summed E-state index contributed by atoms with van der Waals surface area (Å²) in [4.78, 5) is 29.1. The van der Waals surface area contributed by atoms with Crippen molar-refractivity contribution in [1.82, 2.24) is 9.80 Å². The van der Waals surface area contributed by atoms with Gasteiger partial charge in [-0.25, -0.2) is 0 Å². The third-order valence-electron chi connectivity index (χ3n) is 5.21. The van der Waals surface area contributed by atoms with Crippen molar-refractivity contribution in [3.8, 4) is 11.5 Å². The van der Waals surface area contributed by atoms with Crippen LogP contribution >= 0.6 is 0 Å². The molecule has 0 saturated carbocycles. The minimum atomic E-state index is -0.700. The molecule has 2 aromatic rings. The summed E-state index contributed by atoms with van der Waals surface area (Å²) in [7, 11) is 0. The first kappa shape index (κ1) is 17.5. The monoisotopic (exact) mass is 370 g/mol. The highest BCUT2D eigenvalue weighted by atomic mass is 16.7. The highest BCUT2D eigenvalue weighted by molar-refractivity contribution is 5.92. The Morgan fingerprint density at radius 2 is 1.67 bits per heavy atom. The average Bonchev–Trinajstić information content (AvgIpc) is 3.38. The quantitative estimate of drug-likeness (QED) is 0.829. The van der Waals surface area contributed by atoms with E-state index in [9.17, 15) is 9.59 Å². The Bertz CT molecular complexity index is 851. The Kier molecular flexibility index (Phi) is 4.30. The molecule has 27 heavy (non-hydrogen) atoms. The Labute approximate surface area is 157 Å². The molecule has 0 aliphatic carbocycles. The zero-order chi connectivity index (χ0) is 19.0.